The minimum atomic E-state index is -0.606. The van der Waals surface area contributed by atoms with Gasteiger partial charge in [-0.15, -0.1) is 0 Å². The van der Waals surface area contributed by atoms with Crippen LogP contribution in [0.1, 0.15) is 22.3 Å². The highest BCUT2D eigenvalue weighted by atomic mass is 16.5. The van der Waals surface area contributed by atoms with Crippen LogP contribution in [0, 0.1) is 0 Å². The third kappa shape index (κ3) is 3.07. The second-order valence-electron chi connectivity index (χ2n) is 13.6. The van der Waals surface area contributed by atoms with E-state index >= 15 is 0 Å². The van der Waals surface area contributed by atoms with Crippen molar-refractivity contribution >= 4 is 54.4 Å². The zero-order chi connectivity index (χ0) is 32.6. The van der Waals surface area contributed by atoms with Crippen molar-refractivity contribution < 1.29 is 4.74 Å². The number of fused-ring (bicyclic) bond motifs is 16. The highest BCUT2D eigenvalue weighted by Gasteiger charge is 2.50. The van der Waals surface area contributed by atoms with Crippen LogP contribution in [0.5, 0.6) is 11.5 Å². The van der Waals surface area contributed by atoms with Gasteiger partial charge in [0.15, 0.2) is 0 Å². The molecule has 2 aliphatic heterocycles. The second kappa shape index (κ2) is 9.31. The SMILES string of the molecule is c1ccc2c(c1)Oc1c(ccc3c1c1ccccc1n3-c1ccc3ccccc3c1)C21c2ccccc2-n2c3ccccc3c3cccc1c32. The van der Waals surface area contributed by atoms with Crippen molar-refractivity contribution in [3.8, 4) is 22.9 Å². The number of ether oxygens (including phenoxy) is 1. The van der Waals surface area contributed by atoms with Gasteiger partial charge in [-0.2, -0.15) is 0 Å². The van der Waals surface area contributed by atoms with Crippen LogP contribution >= 0.6 is 0 Å². The van der Waals surface area contributed by atoms with Gasteiger partial charge in [-0.25, -0.2) is 0 Å². The smallest absolute Gasteiger partial charge is 0.142 e. The highest BCUT2D eigenvalue weighted by molar-refractivity contribution is 6.15. The lowest BCUT2D eigenvalue weighted by atomic mass is 9.61. The second-order valence-corrected chi connectivity index (χ2v) is 13.6. The third-order valence-electron chi connectivity index (χ3n) is 11.3. The van der Waals surface area contributed by atoms with E-state index in [-0.39, 0.29) is 0 Å². The Bertz CT molecular complexity index is 3090. The number of hydrogen-bond donors (Lipinski definition) is 0. The van der Waals surface area contributed by atoms with Crippen LogP contribution in [0.15, 0.2) is 170 Å². The number of aromatic nitrogens is 2. The molecule has 0 saturated carbocycles. The minimum Gasteiger partial charge on any atom is -0.456 e. The molecule has 50 heavy (non-hydrogen) atoms. The average molecular weight is 637 g/mol. The number of benzene rings is 8. The molecule has 0 radical (unpaired) electrons. The van der Waals surface area contributed by atoms with Gasteiger partial charge in [-0.05, 0) is 64.4 Å². The van der Waals surface area contributed by atoms with E-state index in [1.165, 1.54) is 65.9 Å². The molecule has 0 amide bonds. The summed E-state index contributed by atoms with van der Waals surface area (Å²) in [6.07, 6.45) is 0. The summed E-state index contributed by atoms with van der Waals surface area (Å²) in [6, 6.07) is 62.2. The maximum absolute atomic E-state index is 7.18. The van der Waals surface area contributed by atoms with Crippen LogP contribution in [-0.4, -0.2) is 9.13 Å². The Labute approximate surface area is 287 Å². The van der Waals surface area contributed by atoms with Crippen molar-refractivity contribution in [1.29, 1.82) is 0 Å². The fraction of sp³-hybridized carbons (Fsp3) is 0.0213. The molecule has 10 aromatic rings. The summed E-state index contributed by atoms with van der Waals surface area (Å²) in [7, 11) is 0. The minimum absolute atomic E-state index is 0.606. The molecule has 12 rings (SSSR count). The summed E-state index contributed by atoms with van der Waals surface area (Å²) in [6.45, 7) is 0. The van der Waals surface area contributed by atoms with Gasteiger partial charge in [-0.1, -0.05) is 127 Å². The first kappa shape index (κ1) is 26.4. The summed E-state index contributed by atoms with van der Waals surface area (Å²) in [5.41, 5.74) is 11.4. The number of rotatable bonds is 1. The molecule has 0 fully saturated rings. The van der Waals surface area contributed by atoms with Crippen LogP contribution < -0.4 is 4.74 Å². The molecule has 2 aromatic heterocycles. The maximum atomic E-state index is 7.18. The largest absolute Gasteiger partial charge is 0.456 e. The van der Waals surface area contributed by atoms with Gasteiger partial charge >= 0.3 is 0 Å². The number of hydrogen-bond acceptors (Lipinski definition) is 1. The lowest BCUT2D eigenvalue weighted by Gasteiger charge is -2.45. The quantitative estimate of drug-likeness (QED) is 0.175. The molecule has 3 heteroatoms. The van der Waals surface area contributed by atoms with Crippen molar-refractivity contribution in [2.75, 3.05) is 0 Å². The molecular weight excluding hydrogens is 609 g/mol. The summed E-state index contributed by atoms with van der Waals surface area (Å²) in [5, 5.41) is 7.31. The molecule has 0 N–H and O–H groups in total. The van der Waals surface area contributed by atoms with Crippen molar-refractivity contribution in [2.24, 2.45) is 0 Å². The molecule has 232 valence electrons. The van der Waals surface area contributed by atoms with E-state index in [0.717, 1.165) is 33.6 Å². The fourth-order valence-corrected chi connectivity index (χ4v) is 9.43. The lowest BCUT2D eigenvalue weighted by Crippen LogP contribution is -2.37. The van der Waals surface area contributed by atoms with Gasteiger partial charge in [0.25, 0.3) is 0 Å². The summed E-state index contributed by atoms with van der Waals surface area (Å²) in [5.74, 6) is 1.82. The first-order chi connectivity index (χ1) is 24.8. The Morgan fingerprint density at radius 1 is 0.420 bits per heavy atom. The molecule has 8 aromatic carbocycles. The molecule has 4 heterocycles. The lowest BCUT2D eigenvalue weighted by molar-refractivity contribution is 0.439. The molecule has 1 atom stereocenters. The predicted molar refractivity (Wildman–Crippen MR) is 205 cm³/mol. The molecule has 0 bridgehead atoms. The molecule has 0 aliphatic carbocycles. The Hall–Kier alpha value is -6.58. The Morgan fingerprint density at radius 2 is 1.10 bits per heavy atom. The average Bonchev–Trinajstić information content (AvgIpc) is 3.70. The van der Waals surface area contributed by atoms with Crippen LogP contribution in [-0.2, 0) is 5.41 Å². The predicted octanol–water partition coefficient (Wildman–Crippen LogP) is 11.8. The van der Waals surface area contributed by atoms with Crippen molar-refractivity contribution in [2.45, 2.75) is 5.41 Å². The van der Waals surface area contributed by atoms with E-state index in [0.29, 0.717) is 0 Å². The van der Waals surface area contributed by atoms with Crippen LogP contribution in [0.2, 0.25) is 0 Å². The third-order valence-corrected chi connectivity index (χ3v) is 11.3. The highest BCUT2D eigenvalue weighted by Crippen LogP contribution is 2.62. The maximum Gasteiger partial charge on any atom is 0.142 e. The van der Waals surface area contributed by atoms with E-state index < -0.39 is 5.41 Å². The Kier molecular flexibility index (Phi) is 4.91. The van der Waals surface area contributed by atoms with Gasteiger partial charge < -0.3 is 13.9 Å². The molecular formula is C47H28N2O. The molecule has 1 unspecified atom stereocenters. The van der Waals surface area contributed by atoms with E-state index in [1.807, 2.05) is 0 Å². The standard InChI is InChI=1S/C47H28N2O/c1-2-13-30-28-31(25-24-29(30)12-1)48-40-21-8-4-15-34(40)44-42(48)27-26-38-46(44)50-43-23-10-6-18-36(43)47(38)35-17-5-9-22-41(35)49-39-20-7-3-14-32(39)33-16-11-19-37(47)45(33)49/h1-28H. The molecule has 3 nitrogen and oxygen atoms in total. The van der Waals surface area contributed by atoms with E-state index in [2.05, 4.69) is 179 Å². The van der Waals surface area contributed by atoms with E-state index in [9.17, 15) is 0 Å². The molecule has 2 aliphatic rings. The van der Waals surface area contributed by atoms with Crippen LogP contribution in [0.3, 0.4) is 0 Å². The van der Waals surface area contributed by atoms with E-state index in [4.69, 9.17) is 4.74 Å². The van der Waals surface area contributed by atoms with Crippen LogP contribution in [0.4, 0.5) is 0 Å². The number of para-hydroxylation sites is 5. The number of nitrogens with zero attached hydrogens (tertiary/aromatic N) is 2. The zero-order valence-electron chi connectivity index (χ0n) is 27.0. The van der Waals surface area contributed by atoms with Crippen molar-refractivity contribution in [3.05, 3.63) is 192 Å². The van der Waals surface area contributed by atoms with Gasteiger partial charge in [0.05, 0.1) is 38.6 Å². The van der Waals surface area contributed by atoms with Gasteiger partial charge in [0, 0.05) is 33.0 Å². The first-order valence-corrected chi connectivity index (χ1v) is 17.3. The monoisotopic (exact) mass is 636 g/mol. The molecule has 0 saturated heterocycles. The zero-order valence-corrected chi connectivity index (χ0v) is 27.0. The van der Waals surface area contributed by atoms with Gasteiger partial charge in [-0.3, -0.25) is 0 Å². The first-order valence-electron chi connectivity index (χ1n) is 17.3. The summed E-state index contributed by atoms with van der Waals surface area (Å²) >= 11 is 0. The fourth-order valence-electron chi connectivity index (χ4n) is 9.43. The van der Waals surface area contributed by atoms with E-state index in [1.54, 1.807) is 0 Å². The summed E-state index contributed by atoms with van der Waals surface area (Å²) in [4.78, 5) is 0. The summed E-state index contributed by atoms with van der Waals surface area (Å²) < 4.78 is 12.1. The van der Waals surface area contributed by atoms with Gasteiger partial charge in [0.1, 0.15) is 11.5 Å². The van der Waals surface area contributed by atoms with Crippen LogP contribution in [0.25, 0.3) is 65.8 Å². The van der Waals surface area contributed by atoms with Crippen molar-refractivity contribution in [1.82, 2.24) is 9.13 Å². The van der Waals surface area contributed by atoms with Gasteiger partial charge in [0.2, 0.25) is 0 Å². The Balaban J connectivity index is 1.27. The normalized spacial score (nSPS) is 15.8. The Morgan fingerprint density at radius 3 is 2.00 bits per heavy atom. The van der Waals surface area contributed by atoms with Crippen molar-refractivity contribution in [3.63, 3.8) is 0 Å². The molecule has 1 spiro atoms. The topological polar surface area (TPSA) is 19.1 Å².